The van der Waals surface area contributed by atoms with Crippen molar-refractivity contribution >= 4 is 33.9 Å². The highest BCUT2D eigenvalue weighted by Gasteiger charge is 2.25. The minimum atomic E-state index is 0.237. The zero-order valence-electron chi connectivity index (χ0n) is 9.89. The van der Waals surface area contributed by atoms with E-state index in [-0.39, 0.29) is 5.41 Å². The maximum absolute atomic E-state index is 5.45. The summed E-state index contributed by atoms with van der Waals surface area (Å²) in [5.74, 6) is 0. The van der Waals surface area contributed by atoms with Crippen molar-refractivity contribution in [2.45, 2.75) is 45.4 Å². The van der Waals surface area contributed by atoms with E-state index >= 15 is 0 Å². The number of halogens is 1. The molecule has 0 spiro atoms. The average Bonchev–Trinajstić information content (AvgIpc) is 2.57. The monoisotopic (exact) mass is 338 g/mol. The van der Waals surface area contributed by atoms with Gasteiger partial charge in [-0.1, -0.05) is 44.9 Å². The Labute approximate surface area is 110 Å². The van der Waals surface area contributed by atoms with Crippen LogP contribution in [0.4, 0.5) is 0 Å². The van der Waals surface area contributed by atoms with Crippen LogP contribution < -0.4 is 4.74 Å². The Morgan fingerprint density at radius 3 is 2.67 bits per heavy atom. The third kappa shape index (κ3) is 3.34. The number of hydrogen-bond donors (Lipinski definition) is 0. The zero-order chi connectivity index (χ0) is 11.5. The molecule has 0 aliphatic rings. The summed E-state index contributed by atoms with van der Waals surface area (Å²) < 4.78 is 6.76. The van der Waals surface area contributed by atoms with Gasteiger partial charge >= 0.3 is 0 Å². The van der Waals surface area contributed by atoms with E-state index in [4.69, 9.17) is 4.74 Å². The number of methoxy groups -OCH3 is 1. The summed E-state index contributed by atoms with van der Waals surface area (Å²) in [6.45, 7) is 6.86. The van der Waals surface area contributed by atoms with Gasteiger partial charge in [-0.05, 0) is 40.5 Å². The second kappa shape index (κ2) is 5.53. The molecular formula is C12H19IOS. The molecule has 1 heterocycles. The normalized spacial score (nSPS) is 11.8. The van der Waals surface area contributed by atoms with Crippen molar-refractivity contribution in [2.24, 2.45) is 0 Å². The van der Waals surface area contributed by atoms with Crippen LogP contribution in [0, 0.1) is 2.88 Å². The minimum Gasteiger partial charge on any atom is -0.487 e. The molecule has 1 aromatic heterocycles. The van der Waals surface area contributed by atoms with E-state index in [1.807, 2.05) is 0 Å². The van der Waals surface area contributed by atoms with Crippen molar-refractivity contribution in [1.29, 1.82) is 0 Å². The van der Waals surface area contributed by atoms with Crippen molar-refractivity contribution in [3.05, 3.63) is 14.5 Å². The third-order valence-corrected chi connectivity index (χ3v) is 4.59. The van der Waals surface area contributed by atoms with Gasteiger partial charge in [0.15, 0.2) is 5.06 Å². The molecule has 1 aromatic rings. The Morgan fingerprint density at radius 1 is 1.47 bits per heavy atom. The molecule has 3 heteroatoms. The first kappa shape index (κ1) is 13.3. The van der Waals surface area contributed by atoms with Crippen LogP contribution in [0.3, 0.4) is 0 Å². The van der Waals surface area contributed by atoms with Crippen LogP contribution in [0.25, 0.3) is 0 Å². The first-order valence-electron chi connectivity index (χ1n) is 5.35. The SMILES string of the molecule is CCCCC(C)(C)c1cc(I)sc1OC. The highest BCUT2D eigenvalue weighted by atomic mass is 127. The Morgan fingerprint density at radius 2 is 2.13 bits per heavy atom. The first-order chi connectivity index (χ1) is 7.01. The maximum atomic E-state index is 5.45. The fraction of sp³-hybridized carbons (Fsp3) is 0.667. The molecule has 0 aliphatic heterocycles. The van der Waals surface area contributed by atoms with E-state index in [2.05, 4.69) is 49.4 Å². The summed E-state index contributed by atoms with van der Waals surface area (Å²) in [6, 6.07) is 2.26. The summed E-state index contributed by atoms with van der Waals surface area (Å²) in [5.41, 5.74) is 1.61. The number of unbranched alkanes of at least 4 members (excludes halogenated alkanes) is 1. The highest BCUT2D eigenvalue weighted by molar-refractivity contribution is 14.1. The molecule has 0 unspecified atom stereocenters. The molecule has 0 atom stereocenters. The first-order valence-corrected chi connectivity index (χ1v) is 7.24. The van der Waals surface area contributed by atoms with E-state index in [0.717, 1.165) is 5.06 Å². The van der Waals surface area contributed by atoms with E-state index < -0.39 is 0 Å². The molecule has 0 N–H and O–H groups in total. The standard InChI is InChI=1S/C12H19IOS/c1-5-6-7-12(2,3)9-8-10(13)15-11(9)14-4/h8H,5-7H2,1-4H3. The summed E-state index contributed by atoms with van der Waals surface area (Å²) in [7, 11) is 1.77. The summed E-state index contributed by atoms with van der Waals surface area (Å²) in [6.07, 6.45) is 3.77. The van der Waals surface area contributed by atoms with Crippen LogP contribution in [0.1, 0.15) is 45.6 Å². The van der Waals surface area contributed by atoms with Crippen LogP contribution in [0.2, 0.25) is 0 Å². The van der Waals surface area contributed by atoms with Gasteiger partial charge in [0.2, 0.25) is 0 Å². The van der Waals surface area contributed by atoms with Crippen LogP contribution in [-0.2, 0) is 5.41 Å². The van der Waals surface area contributed by atoms with Crippen LogP contribution in [-0.4, -0.2) is 7.11 Å². The second-order valence-corrected chi connectivity index (χ2v) is 7.35. The van der Waals surface area contributed by atoms with Gasteiger partial charge < -0.3 is 4.74 Å². The zero-order valence-corrected chi connectivity index (χ0v) is 12.9. The molecule has 0 aliphatic carbocycles. The van der Waals surface area contributed by atoms with Gasteiger partial charge in [-0.3, -0.25) is 0 Å². The fourth-order valence-corrected chi connectivity index (χ4v) is 3.52. The highest BCUT2D eigenvalue weighted by Crippen LogP contribution is 2.41. The van der Waals surface area contributed by atoms with Crippen molar-refractivity contribution in [1.82, 2.24) is 0 Å². The fourth-order valence-electron chi connectivity index (χ4n) is 1.72. The molecule has 1 rings (SSSR count). The van der Waals surface area contributed by atoms with Crippen molar-refractivity contribution in [3.63, 3.8) is 0 Å². The lowest BCUT2D eigenvalue weighted by Gasteiger charge is -2.24. The number of hydrogen-bond acceptors (Lipinski definition) is 2. The number of ether oxygens (including phenoxy) is 1. The minimum absolute atomic E-state index is 0.237. The van der Waals surface area contributed by atoms with Crippen molar-refractivity contribution < 1.29 is 4.74 Å². The topological polar surface area (TPSA) is 9.23 Å². The number of rotatable bonds is 5. The Hall–Kier alpha value is 0.230. The molecule has 0 radical (unpaired) electrons. The van der Waals surface area contributed by atoms with Crippen molar-refractivity contribution in [3.8, 4) is 5.06 Å². The molecule has 1 nitrogen and oxygen atoms in total. The molecule has 0 aromatic carbocycles. The van der Waals surface area contributed by atoms with Crippen molar-refractivity contribution in [2.75, 3.05) is 7.11 Å². The average molecular weight is 338 g/mol. The molecule has 86 valence electrons. The predicted molar refractivity (Wildman–Crippen MR) is 76.1 cm³/mol. The summed E-state index contributed by atoms with van der Waals surface area (Å²) >= 11 is 4.10. The molecule has 0 fully saturated rings. The largest absolute Gasteiger partial charge is 0.487 e. The van der Waals surface area contributed by atoms with Gasteiger partial charge in [0.1, 0.15) is 0 Å². The molecular weight excluding hydrogens is 319 g/mol. The summed E-state index contributed by atoms with van der Waals surface area (Å²) in [4.78, 5) is 0. The summed E-state index contributed by atoms with van der Waals surface area (Å²) in [5, 5.41) is 1.08. The van der Waals surface area contributed by atoms with Gasteiger partial charge in [-0.25, -0.2) is 0 Å². The van der Waals surface area contributed by atoms with Gasteiger partial charge in [0.25, 0.3) is 0 Å². The number of thiophene rings is 1. The molecule has 0 saturated carbocycles. The van der Waals surface area contributed by atoms with Gasteiger partial charge in [0, 0.05) is 5.56 Å². The van der Waals surface area contributed by atoms with E-state index in [9.17, 15) is 0 Å². The lowest BCUT2D eigenvalue weighted by molar-refractivity contribution is 0.392. The van der Waals surface area contributed by atoms with E-state index in [0.29, 0.717) is 0 Å². The predicted octanol–water partition coefficient (Wildman–Crippen LogP) is 4.83. The maximum Gasteiger partial charge on any atom is 0.178 e. The van der Waals surface area contributed by atoms with Gasteiger partial charge in [-0.2, -0.15) is 0 Å². The van der Waals surface area contributed by atoms with Crippen LogP contribution in [0.15, 0.2) is 6.07 Å². The molecule has 0 saturated heterocycles. The lowest BCUT2D eigenvalue weighted by atomic mass is 9.81. The van der Waals surface area contributed by atoms with Crippen LogP contribution >= 0.6 is 33.9 Å². The Kier molecular flexibility index (Phi) is 4.90. The Balaban J connectivity index is 2.91. The molecule has 15 heavy (non-hydrogen) atoms. The lowest BCUT2D eigenvalue weighted by Crippen LogP contribution is -2.16. The quantitative estimate of drug-likeness (QED) is 0.699. The van der Waals surface area contributed by atoms with Crippen LogP contribution in [0.5, 0.6) is 5.06 Å². The Bertz CT molecular complexity index is 317. The third-order valence-electron chi connectivity index (χ3n) is 2.74. The second-order valence-electron chi connectivity index (χ2n) is 4.44. The van der Waals surface area contributed by atoms with E-state index in [1.165, 1.54) is 27.7 Å². The molecule has 0 amide bonds. The van der Waals surface area contributed by atoms with E-state index in [1.54, 1.807) is 18.4 Å². The van der Waals surface area contributed by atoms with Gasteiger partial charge in [0.05, 0.1) is 9.99 Å². The van der Waals surface area contributed by atoms with Gasteiger partial charge in [-0.15, -0.1) is 0 Å². The smallest absolute Gasteiger partial charge is 0.178 e. The molecule has 0 bridgehead atoms.